The SMILES string of the molecule is CCCC(=O)N1CCCC(C(=O)NC(C)(C(=O)O)c2ccc(F)cc2)C1. The van der Waals surface area contributed by atoms with E-state index in [0.29, 0.717) is 32.4 Å². The zero-order valence-corrected chi connectivity index (χ0v) is 15.1. The van der Waals surface area contributed by atoms with Crippen LogP contribution in [-0.4, -0.2) is 40.9 Å². The Bertz CT molecular complexity index is 677. The van der Waals surface area contributed by atoms with E-state index in [2.05, 4.69) is 5.32 Å². The van der Waals surface area contributed by atoms with Gasteiger partial charge in [-0.25, -0.2) is 9.18 Å². The van der Waals surface area contributed by atoms with Gasteiger partial charge in [0, 0.05) is 19.5 Å². The zero-order chi connectivity index (χ0) is 19.3. The molecule has 142 valence electrons. The average Bonchev–Trinajstić information content (AvgIpc) is 2.62. The van der Waals surface area contributed by atoms with E-state index in [0.717, 1.165) is 18.6 Å². The Balaban J connectivity index is 2.13. The van der Waals surface area contributed by atoms with Gasteiger partial charge in [-0.15, -0.1) is 0 Å². The summed E-state index contributed by atoms with van der Waals surface area (Å²) in [6.45, 7) is 4.22. The lowest BCUT2D eigenvalue weighted by atomic mass is 9.89. The van der Waals surface area contributed by atoms with E-state index >= 15 is 0 Å². The highest BCUT2D eigenvalue weighted by Gasteiger charge is 2.39. The van der Waals surface area contributed by atoms with E-state index < -0.39 is 29.2 Å². The van der Waals surface area contributed by atoms with Gasteiger partial charge in [0.25, 0.3) is 0 Å². The van der Waals surface area contributed by atoms with Gasteiger partial charge in [0.15, 0.2) is 5.54 Å². The number of rotatable bonds is 6. The molecule has 1 saturated heterocycles. The molecule has 1 aromatic rings. The van der Waals surface area contributed by atoms with Crippen molar-refractivity contribution in [3.8, 4) is 0 Å². The molecule has 0 radical (unpaired) electrons. The van der Waals surface area contributed by atoms with E-state index in [1.165, 1.54) is 19.1 Å². The highest BCUT2D eigenvalue weighted by molar-refractivity contribution is 5.89. The first-order valence-corrected chi connectivity index (χ1v) is 8.87. The van der Waals surface area contributed by atoms with Crippen LogP contribution in [0.25, 0.3) is 0 Å². The van der Waals surface area contributed by atoms with Crippen LogP contribution in [0.2, 0.25) is 0 Å². The van der Waals surface area contributed by atoms with E-state index in [4.69, 9.17) is 0 Å². The molecule has 1 aliphatic heterocycles. The van der Waals surface area contributed by atoms with E-state index in [9.17, 15) is 23.9 Å². The summed E-state index contributed by atoms with van der Waals surface area (Å²) in [7, 11) is 0. The standard InChI is InChI=1S/C19H25FN2O4/c1-3-5-16(23)22-11-4-6-13(12-22)17(24)21-19(2,18(25)26)14-7-9-15(20)10-8-14/h7-10,13H,3-6,11-12H2,1-2H3,(H,21,24)(H,25,26). The monoisotopic (exact) mass is 364 g/mol. The fourth-order valence-corrected chi connectivity index (χ4v) is 3.17. The molecule has 1 heterocycles. The molecular weight excluding hydrogens is 339 g/mol. The van der Waals surface area contributed by atoms with Gasteiger partial charge < -0.3 is 15.3 Å². The highest BCUT2D eigenvalue weighted by atomic mass is 19.1. The number of carboxylic acid groups (broad SMARTS) is 1. The number of carbonyl (C=O) groups excluding carboxylic acids is 2. The van der Waals surface area contributed by atoms with Crippen molar-refractivity contribution in [3.05, 3.63) is 35.6 Å². The number of carbonyl (C=O) groups is 3. The Morgan fingerprint density at radius 2 is 1.96 bits per heavy atom. The van der Waals surface area contributed by atoms with Crippen molar-refractivity contribution in [1.82, 2.24) is 10.2 Å². The van der Waals surface area contributed by atoms with Crippen LogP contribution in [0, 0.1) is 11.7 Å². The highest BCUT2D eigenvalue weighted by Crippen LogP contribution is 2.24. The third-order valence-corrected chi connectivity index (χ3v) is 4.83. The molecule has 1 fully saturated rings. The lowest BCUT2D eigenvalue weighted by molar-refractivity contribution is -0.149. The molecule has 2 N–H and O–H groups in total. The molecular formula is C19H25FN2O4. The first kappa shape index (κ1) is 19.9. The topological polar surface area (TPSA) is 86.7 Å². The number of halogens is 1. The number of hydrogen-bond donors (Lipinski definition) is 2. The van der Waals surface area contributed by atoms with Gasteiger partial charge in [-0.1, -0.05) is 19.1 Å². The molecule has 6 nitrogen and oxygen atoms in total. The number of benzene rings is 1. The van der Waals surface area contributed by atoms with Gasteiger partial charge in [-0.2, -0.15) is 0 Å². The zero-order valence-electron chi connectivity index (χ0n) is 15.1. The lowest BCUT2D eigenvalue weighted by Crippen LogP contribution is -2.54. The third kappa shape index (κ3) is 4.39. The van der Waals surface area contributed by atoms with Gasteiger partial charge in [0.05, 0.1) is 5.92 Å². The number of hydrogen-bond acceptors (Lipinski definition) is 3. The van der Waals surface area contributed by atoms with E-state index in [-0.39, 0.29) is 11.5 Å². The second kappa shape index (κ2) is 8.29. The molecule has 1 aromatic carbocycles. The van der Waals surface area contributed by atoms with Gasteiger partial charge in [-0.05, 0) is 43.9 Å². The maximum Gasteiger partial charge on any atom is 0.333 e. The molecule has 2 rings (SSSR count). The number of amides is 2. The van der Waals surface area contributed by atoms with Crippen LogP contribution >= 0.6 is 0 Å². The summed E-state index contributed by atoms with van der Waals surface area (Å²) in [6, 6.07) is 5.02. The summed E-state index contributed by atoms with van der Waals surface area (Å²) in [5, 5.41) is 12.2. The van der Waals surface area contributed by atoms with Crippen LogP contribution in [0.3, 0.4) is 0 Å². The summed E-state index contributed by atoms with van der Waals surface area (Å²) in [4.78, 5) is 38.3. The minimum Gasteiger partial charge on any atom is -0.479 e. The molecule has 26 heavy (non-hydrogen) atoms. The van der Waals surface area contributed by atoms with Crippen molar-refractivity contribution in [3.63, 3.8) is 0 Å². The van der Waals surface area contributed by atoms with E-state index in [1.54, 1.807) is 4.90 Å². The maximum atomic E-state index is 13.1. The number of carboxylic acids is 1. The van der Waals surface area contributed by atoms with Gasteiger partial charge in [0.1, 0.15) is 5.82 Å². The van der Waals surface area contributed by atoms with Gasteiger partial charge in [-0.3, -0.25) is 9.59 Å². The van der Waals surface area contributed by atoms with Gasteiger partial charge >= 0.3 is 5.97 Å². The summed E-state index contributed by atoms with van der Waals surface area (Å²) >= 11 is 0. The predicted molar refractivity (Wildman–Crippen MR) is 93.7 cm³/mol. The van der Waals surface area contributed by atoms with Crippen molar-refractivity contribution >= 4 is 17.8 Å². The average molecular weight is 364 g/mol. The smallest absolute Gasteiger partial charge is 0.333 e. The number of likely N-dealkylation sites (tertiary alicyclic amines) is 1. The van der Waals surface area contributed by atoms with Gasteiger partial charge in [0.2, 0.25) is 11.8 Å². The van der Waals surface area contributed by atoms with Crippen LogP contribution < -0.4 is 5.32 Å². The molecule has 0 aliphatic carbocycles. The lowest BCUT2D eigenvalue weighted by Gasteiger charge is -2.34. The van der Waals surface area contributed by atoms with Crippen molar-refractivity contribution in [2.24, 2.45) is 5.92 Å². The molecule has 2 amide bonds. The Morgan fingerprint density at radius 1 is 1.31 bits per heavy atom. The van der Waals surface area contributed by atoms with Crippen molar-refractivity contribution < 1.29 is 23.9 Å². The van der Waals surface area contributed by atoms with Crippen LogP contribution in [0.15, 0.2) is 24.3 Å². The molecule has 0 aromatic heterocycles. The number of nitrogens with one attached hydrogen (secondary N) is 1. The molecule has 2 atom stereocenters. The molecule has 0 saturated carbocycles. The van der Waals surface area contributed by atoms with Crippen molar-refractivity contribution in [1.29, 1.82) is 0 Å². The van der Waals surface area contributed by atoms with Crippen LogP contribution in [0.1, 0.15) is 45.1 Å². The number of aliphatic carboxylic acids is 1. The fraction of sp³-hybridized carbons (Fsp3) is 0.526. The van der Waals surface area contributed by atoms with Crippen LogP contribution in [0.5, 0.6) is 0 Å². The van der Waals surface area contributed by atoms with Crippen LogP contribution in [0.4, 0.5) is 4.39 Å². The van der Waals surface area contributed by atoms with Crippen molar-refractivity contribution in [2.75, 3.05) is 13.1 Å². The summed E-state index contributed by atoms with van der Waals surface area (Å²) in [5.74, 6) is -2.56. The molecule has 2 unspecified atom stereocenters. The molecule has 1 aliphatic rings. The molecule has 7 heteroatoms. The Labute approximate surface area is 152 Å². The van der Waals surface area contributed by atoms with Crippen LogP contribution in [-0.2, 0) is 19.9 Å². The molecule has 0 spiro atoms. The summed E-state index contributed by atoms with van der Waals surface area (Å²) < 4.78 is 13.1. The van der Waals surface area contributed by atoms with E-state index in [1.807, 2.05) is 6.92 Å². The molecule has 0 bridgehead atoms. The Kier molecular flexibility index (Phi) is 6.34. The second-order valence-corrected chi connectivity index (χ2v) is 6.86. The summed E-state index contributed by atoms with van der Waals surface area (Å²) in [6.07, 6.45) is 2.49. The largest absolute Gasteiger partial charge is 0.479 e. The predicted octanol–water partition coefficient (Wildman–Crippen LogP) is 2.28. The fourth-order valence-electron chi connectivity index (χ4n) is 3.17. The third-order valence-electron chi connectivity index (χ3n) is 4.83. The Hall–Kier alpha value is -2.44. The Morgan fingerprint density at radius 3 is 2.54 bits per heavy atom. The maximum absolute atomic E-state index is 13.1. The first-order valence-electron chi connectivity index (χ1n) is 8.87. The number of piperidine rings is 1. The normalized spacial score (nSPS) is 19.5. The minimum atomic E-state index is -1.67. The number of nitrogens with zero attached hydrogens (tertiary/aromatic N) is 1. The van der Waals surface area contributed by atoms with Crippen molar-refractivity contribution in [2.45, 2.75) is 45.1 Å². The quantitative estimate of drug-likeness (QED) is 0.811. The minimum absolute atomic E-state index is 0.0181. The second-order valence-electron chi connectivity index (χ2n) is 6.86. The first-order chi connectivity index (χ1) is 12.3. The summed E-state index contributed by atoms with van der Waals surface area (Å²) in [5.41, 5.74) is -1.38.